The first-order valence-electron chi connectivity index (χ1n) is 10.5. The fourth-order valence-corrected chi connectivity index (χ4v) is 4.77. The summed E-state index contributed by atoms with van der Waals surface area (Å²) in [6, 6.07) is 8.58. The lowest BCUT2D eigenvalue weighted by molar-refractivity contribution is -0.166. The number of nitrogens with zero attached hydrogens (tertiary/aromatic N) is 1. The lowest BCUT2D eigenvalue weighted by atomic mass is 9.92. The Morgan fingerprint density at radius 3 is 2.84 bits per heavy atom. The van der Waals surface area contributed by atoms with Gasteiger partial charge in [0, 0.05) is 0 Å². The summed E-state index contributed by atoms with van der Waals surface area (Å²) in [6.07, 6.45) is -3.38. The van der Waals surface area contributed by atoms with E-state index in [1.807, 2.05) is 30.3 Å². The highest BCUT2D eigenvalue weighted by molar-refractivity contribution is 5.69. The van der Waals surface area contributed by atoms with Gasteiger partial charge in [0.2, 0.25) is 0 Å². The Morgan fingerprint density at radius 1 is 1.29 bits per heavy atom. The highest BCUT2D eigenvalue weighted by Gasteiger charge is 2.58. The van der Waals surface area contributed by atoms with Crippen LogP contribution in [-0.4, -0.2) is 83.0 Å². The molecular weight excluding hydrogens is 406 g/mol. The number of aliphatic hydroxyl groups excluding tert-OH is 2. The molecule has 4 heterocycles. The predicted molar refractivity (Wildman–Crippen MR) is 106 cm³/mol. The summed E-state index contributed by atoms with van der Waals surface area (Å²) in [7, 11) is 0. The van der Waals surface area contributed by atoms with E-state index in [9.17, 15) is 15.0 Å². The highest BCUT2D eigenvalue weighted by atomic mass is 16.8. The number of benzene rings is 1. The van der Waals surface area contributed by atoms with E-state index >= 15 is 0 Å². The van der Waals surface area contributed by atoms with Crippen molar-refractivity contribution in [2.45, 2.75) is 69.1 Å². The normalized spacial score (nSPS) is 36.8. The maximum absolute atomic E-state index is 13.0. The zero-order valence-electron chi connectivity index (χ0n) is 17.4. The average molecular weight is 433 g/mol. The summed E-state index contributed by atoms with van der Waals surface area (Å²) in [4.78, 5) is 14.4. The Balaban J connectivity index is 1.37. The predicted octanol–water partition coefficient (Wildman–Crippen LogP) is 0.931. The van der Waals surface area contributed by atoms with Gasteiger partial charge in [0.1, 0.15) is 37.1 Å². The molecule has 5 rings (SSSR count). The molecule has 0 aromatic heterocycles. The zero-order chi connectivity index (χ0) is 21.8. The van der Waals surface area contributed by atoms with Crippen LogP contribution in [0.1, 0.15) is 19.4 Å². The number of fused-ring (bicyclic) bond motifs is 3. The third-order valence-electron chi connectivity index (χ3n) is 6.11. The third kappa shape index (κ3) is 3.86. The third-order valence-corrected chi connectivity index (χ3v) is 6.11. The fraction of sp³-hybridized carbons (Fsp3) is 0.591. The molecule has 168 valence electrons. The van der Waals surface area contributed by atoms with Gasteiger partial charge in [-0.2, -0.15) is 0 Å². The summed E-state index contributed by atoms with van der Waals surface area (Å²) in [5.41, 5.74) is 1.22. The minimum Gasteiger partial charge on any atom is -0.445 e. The largest absolute Gasteiger partial charge is 0.445 e. The molecule has 3 fully saturated rings. The van der Waals surface area contributed by atoms with Gasteiger partial charge in [0.25, 0.3) is 0 Å². The molecular formula is C22H27NO8. The molecule has 0 unspecified atom stereocenters. The van der Waals surface area contributed by atoms with E-state index in [0.29, 0.717) is 12.2 Å². The first-order chi connectivity index (χ1) is 14.8. The quantitative estimate of drug-likeness (QED) is 0.676. The number of hydrogen-bond donors (Lipinski definition) is 2. The molecule has 1 amide bonds. The molecule has 0 saturated carbocycles. The van der Waals surface area contributed by atoms with Crippen molar-refractivity contribution in [3.8, 4) is 0 Å². The van der Waals surface area contributed by atoms with Crippen LogP contribution in [0, 0.1) is 0 Å². The Kier molecular flexibility index (Phi) is 5.28. The van der Waals surface area contributed by atoms with Crippen LogP contribution in [0.4, 0.5) is 4.79 Å². The first kappa shape index (κ1) is 20.9. The Morgan fingerprint density at radius 2 is 2.06 bits per heavy atom. The van der Waals surface area contributed by atoms with Gasteiger partial charge in [-0.3, -0.25) is 4.90 Å². The Hall–Kier alpha value is -2.01. The van der Waals surface area contributed by atoms with Crippen LogP contribution < -0.4 is 0 Å². The minimum atomic E-state index is -1.19. The van der Waals surface area contributed by atoms with Gasteiger partial charge in [-0.15, -0.1) is 0 Å². The minimum absolute atomic E-state index is 0.110. The van der Waals surface area contributed by atoms with E-state index in [1.165, 1.54) is 4.90 Å². The van der Waals surface area contributed by atoms with Gasteiger partial charge in [-0.05, 0) is 31.1 Å². The molecule has 0 radical (unpaired) electrons. The number of likely N-dealkylation sites (tertiary alicyclic amines) is 1. The highest BCUT2D eigenvalue weighted by Crippen LogP contribution is 2.41. The van der Waals surface area contributed by atoms with E-state index in [0.717, 1.165) is 5.56 Å². The smallest absolute Gasteiger partial charge is 0.410 e. The molecule has 0 spiro atoms. The van der Waals surface area contributed by atoms with Crippen molar-refractivity contribution in [1.82, 2.24) is 4.90 Å². The molecule has 9 nitrogen and oxygen atoms in total. The molecule has 31 heavy (non-hydrogen) atoms. The number of carbonyl (C=O) groups excluding carboxylic acids is 1. The monoisotopic (exact) mass is 433 g/mol. The van der Waals surface area contributed by atoms with E-state index in [4.69, 9.17) is 23.7 Å². The van der Waals surface area contributed by atoms with Gasteiger partial charge < -0.3 is 33.9 Å². The summed E-state index contributed by atoms with van der Waals surface area (Å²) in [5.74, 6) is -0.835. The van der Waals surface area contributed by atoms with Crippen molar-refractivity contribution >= 4 is 6.09 Å². The lowest BCUT2D eigenvalue weighted by Crippen LogP contribution is -2.52. The van der Waals surface area contributed by atoms with Gasteiger partial charge in [-0.1, -0.05) is 30.3 Å². The van der Waals surface area contributed by atoms with Crippen molar-refractivity contribution in [2.75, 3.05) is 13.2 Å². The number of carbonyl (C=O) groups is 1. The van der Waals surface area contributed by atoms with Crippen LogP contribution in [0.5, 0.6) is 0 Å². The average Bonchev–Trinajstić information content (AvgIpc) is 3.39. The zero-order valence-corrected chi connectivity index (χ0v) is 17.4. The van der Waals surface area contributed by atoms with Crippen molar-refractivity contribution < 1.29 is 38.7 Å². The van der Waals surface area contributed by atoms with Crippen LogP contribution in [0.3, 0.4) is 0 Å². The van der Waals surface area contributed by atoms with Crippen molar-refractivity contribution in [1.29, 1.82) is 0 Å². The topological polar surface area (TPSA) is 107 Å². The molecule has 7 atom stereocenters. The Bertz CT molecular complexity index is 858. The molecule has 1 aromatic carbocycles. The van der Waals surface area contributed by atoms with Gasteiger partial charge in [0.05, 0.1) is 19.2 Å². The van der Waals surface area contributed by atoms with Crippen LogP contribution in [-0.2, 0) is 30.3 Å². The maximum Gasteiger partial charge on any atom is 0.410 e. The molecule has 0 aliphatic carbocycles. The van der Waals surface area contributed by atoms with Crippen molar-refractivity contribution in [3.63, 3.8) is 0 Å². The van der Waals surface area contributed by atoms with Crippen LogP contribution >= 0.6 is 0 Å². The molecule has 1 aromatic rings. The molecule has 4 aliphatic heterocycles. The fourth-order valence-electron chi connectivity index (χ4n) is 4.77. The van der Waals surface area contributed by atoms with Crippen LogP contribution in [0.25, 0.3) is 0 Å². The molecule has 3 saturated heterocycles. The number of amides is 1. The summed E-state index contributed by atoms with van der Waals surface area (Å²) < 4.78 is 28.4. The van der Waals surface area contributed by atoms with Crippen LogP contribution in [0.2, 0.25) is 0 Å². The lowest BCUT2D eigenvalue weighted by Gasteiger charge is -2.36. The van der Waals surface area contributed by atoms with Gasteiger partial charge in [-0.25, -0.2) is 4.79 Å². The van der Waals surface area contributed by atoms with Gasteiger partial charge >= 0.3 is 6.09 Å². The van der Waals surface area contributed by atoms with E-state index in [1.54, 1.807) is 19.9 Å². The van der Waals surface area contributed by atoms with Gasteiger partial charge in [0.15, 0.2) is 12.1 Å². The number of rotatable bonds is 4. The van der Waals surface area contributed by atoms with Crippen molar-refractivity contribution in [3.05, 3.63) is 47.5 Å². The second-order valence-corrected chi connectivity index (χ2v) is 8.75. The summed E-state index contributed by atoms with van der Waals surface area (Å²) in [5, 5.41) is 21.9. The summed E-state index contributed by atoms with van der Waals surface area (Å²) >= 11 is 0. The number of hydrogen-bond acceptors (Lipinski definition) is 8. The molecule has 4 aliphatic rings. The van der Waals surface area contributed by atoms with Crippen LogP contribution in [0.15, 0.2) is 42.0 Å². The maximum atomic E-state index is 13.0. The standard InChI is InChI=1S/C22H27NO8/c1-22(2)30-15-9-23(21(26)28-10-12-6-4-3-5-7-12)16(19(15)31-22)17(24)14-8-13-11-27-20(29-13)18(14)25/h3-8,13,15-20,24-25H,9-11H2,1-2H3/t13-,15-,16+,17-,18-,19-,20+/m0/s1. The van der Waals surface area contributed by atoms with Crippen molar-refractivity contribution in [2.24, 2.45) is 0 Å². The molecule has 2 N–H and O–H groups in total. The number of aliphatic hydroxyl groups is 2. The van der Waals surface area contributed by atoms with E-state index in [-0.39, 0.29) is 19.3 Å². The second kappa shape index (κ2) is 7.84. The number of ether oxygens (including phenoxy) is 5. The SMILES string of the molecule is CC1(C)O[C@@H]2[C@@H]([C@@H](O)C3=C[C@H]4CO[C@H](O4)[C@H]3O)N(C(=O)OCc3ccccc3)C[C@@H]2O1. The van der Waals surface area contributed by atoms with E-state index in [2.05, 4.69) is 0 Å². The molecule has 9 heteroatoms. The Labute approximate surface area is 180 Å². The molecule has 2 bridgehead atoms. The second-order valence-electron chi connectivity index (χ2n) is 8.75. The summed E-state index contributed by atoms with van der Waals surface area (Å²) in [6.45, 7) is 4.22. The van der Waals surface area contributed by atoms with E-state index < -0.39 is 48.6 Å². The first-order valence-corrected chi connectivity index (χ1v) is 10.5.